The molecule has 1 unspecified atom stereocenters. The Hall–Kier alpha value is -3.98. The molecule has 3 heteroatoms. The summed E-state index contributed by atoms with van der Waals surface area (Å²) in [4.78, 5) is 0. The molecule has 1 N–H and O–H groups in total. The van der Waals surface area contributed by atoms with E-state index in [2.05, 4.69) is 118 Å². The predicted molar refractivity (Wildman–Crippen MR) is 138 cm³/mol. The van der Waals surface area contributed by atoms with Gasteiger partial charge in [-0.1, -0.05) is 78.9 Å². The number of rotatable bonds is 3. The van der Waals surface area contributed by atoms with Gasteiger partial charge in [-0.05, 0) is 37.1 Å². The SMILES string of the molecule is C1=C(Cn2c3ccccc3c3ccccc32)NC(n2c3ccccc3c3ccccc32)CC1. The molecule has 0 saturated carbocycles. The summed E-state index contributed by atoms with van der Waals surface area (Å²) in [6.45, 7) is 0.849. The molecule has 4 aromatic carbocycles. The second-order valence-electron chi connectivity index (χ2n) is 8.99. The maximum Gasteiger partial charge on any atom is 0.104 e. The quantitative estimate of drug-likeness (QED) is 0.313. The van der Waals surface area contributed by atoms with E-state index in [0.29, 0.717) is 0 Å². The van der Waals surface area contributed by atoms with Crippen molar-refractivity contribution in [2.75, 3.05) is 0 Å². The van der Waals surface area contributed by atoms with E-state index in [1.54, 1.807) is 0 Å². The van der Waals surface area contributed by atoms with Crippen molar-refractivity contribution in [1.82, 2.24) is 14.5 Å². The van der Waals surface area contributed by atoms with Gasteiger partial charge >= 0.3 is 0 Å². The molecule has 3 heterocycles. The van der Waals surface area contributed by atoms with Gasteiger partial charge in [-0.2, -0.15) is 0 Å². The van der Waals surface area contributed by atoms with E-state index in [9.17, 15) is 0 Å². The van der Waals surface area contributed by atoms with Gasteiger partial charge < -0.3 is 14.5 Å². The summed E-state index contributed by atoms with van der Waals surface area (Å²) in [6.07, 6.45) is 4.78. The highest BCUT2D eigenvalue weighted by Gasteiger charge is 2.21. The molecular formula is C30H25N3. The second kappa shape index (κ2) is 7.28. The van der Waals surface area contributed by atoms with Gasteiger partial charge in [-0.25, -0.2) is 0 Å². The maximum absolute atomic E-state index is 3.91. The van der Waals surface area contributed by atoms with Crippen LogP contribution >= 0.6 is 0 Å². The number of aromatic nitrogens is 2. The predicted octanol–water partition coefficient (Wildman–Crippen LogP) is 7.37. The zero-order valence-corrected chi connectivity index (χ0v) is 18.4. The third-order valence-corrected chi connectivity index (χ3v) is 7.12. The van der Waals surface area contributed by atoms with Crippen LogP contribution in [-0.4, -0.2) is 9.13 Å². The normalized spacial score (nSPS) is 16.5. The van der Waals surface area contributed by atoms with Crippen LogP contribution in [0, 0.1) is 0 Å². The number of nitrogens with one attached hydrogen (secondary N) is 1. The summed E-state index contributed by atoms with van der Waals surface area (Å²) in [6, 6.07) is 35.1. The van der Waals surface area contributed by atoms with E-state index in [1.807, 2.05) is 0 Å². The summed E-state index contributed by atoms with van der Waals surface area (Å²) in [5.41, 5.74) is 6.48. The van der Waals surface area contributed by atoms with E-state index in [1.165, 1.54) is 49.3 Å². The van der Waals surface area contributed by atoms with Crippen LogP contribution in [0.15, 0.2) is 109 Å². The smallest absolute Gasteiger partial charge is 0.104 e. The van der Waals surface area contributed by atoms with Crippen LogP contribution in [0.25, 0.3) is 43.6 Å². The largest absolute Gasteiger partial charge is 0.367 e. The van der Waals surface area contributed by atoms with Crippen LogP contribution in [0.2, 0.25) is 0 Å². The summed E-state index contributed by atoms with van der Waals surface area (Å²) < 4.78 is 4.96. The van der Waals surface area contributed by atoms with Crippen LogP contribution in [0.4, 0.5) is 0 Å². The molecular weight excluding hydrogens is 402 g/mol. The fourth-order valence-electron chi connectivity index (χ4n) is 5.70. The van der Waals surface area contributed by atoms with Gasteiger partial charge in [0.05, 0.1) is 17.6 Å². The molecule has 0 radical (unpaired) electrons. The van der Waals surface area contributed by atoms with Crippen LogP contribution in [-0.2, 0) is 6.54 Å². The van der Waals surface area contributed by atoms with Gasteiger partial charge in [-0.3, -0.25) is 0 Å². The third kappa shape index (κ3) is 2.82. The summed E-state index contributed by atoms with van der Waals surface area (Å²) in [5.74, 6) is 0. The first-order valence-corrected chi connectivity index (χ1v) is 11.8. The van der Waals surface area contributed by atoms with Crippen LogP contribution in [0.3, 0.4) is 0 Å². The molecule has 0 spiro atoms. The number of benzene rings is 4. The molecule has 1 aliphatic rings. The Morgan fingerprint density at radius 3 is 1.61 bits per heavy atom. The van der Waals surface area contributed by atoms with Gasteiger partial charge in [0.2, 0.25) is 0 Å². The van der Waals surface area contributed by atoms with Crippen molar-refractivity contribution < 1.29 is 0 Å². The minimum absolute atomic E-state index is 0.239. The average Bonchev–Trinajstić information content (AvgIpc) is 3.38. The molecule has 6 aromatic rings. The van der Waals surface area contributed by atoms with E-state index in [-0.39, 0.29) is 6.17 Å². The Balaban J connectivity index is 1.31. The number of nitrogens with zero attached hydrogens (tertiary/aromatic N) is 2. The van der Waals surface area contributed by atoms with Crippen LogP contribution in [0.5, 0.6) is 0 Å². The van der Waals surface area contributed by atoms with Crippen LogP contribution in [0.1, 0.15) is 19.0 Å². The van der Waals surface area contributed by atoms with Gasteiger partial charge in [-0.15, -0.1) is 0 Å². The number of fused-ring (bicyclic) bond motifs is 6. The first kappa shape index (κ1) is 18.6. The number of hydrogen-bond donors (Lipinski definition) is 1. The van der Waals surface area contributed by atoms with Gasteiger partial charge in [0.1, 0.15) is 6.17 Å². The monoisotopic (exact) mass is 427 g/mol. The molecule has 0 aliphatic carbocycles. The molecule has 0 saturated heterocycles. The first-order valence-electron chi connectivity index (χ1n) is 11.8. The van der Waals surface area contributed by atoms with Crippen molar-refractivity contribution in [3.8, 4) is 0 Å². The minimum atomic E-state index is 0.239. The maximum atomic E-state index is 3.91. The highest BCUT2D eigenvalue weighted by atomic mass is 15.2. The topological polar surface area (TPSA) is 21.9 Å². The van der Waals surface area contributed by atoms with Gasteiger partial charge in [0, 0.05) is 38.3 Å². The molecule has 3 nitrogen and oxygen atoms in total. The standard InChI is InChI=1S/C30H25N3/c1-5-15-26-22(11-1)23-12-2-6-16-27(23)32(26)20-21-10-9-19-30(31-21)33-28-17-7-3-13-24(28)25-14-4-8-18-29(25)33/h1-8,10-18,30-31H,9,19-20H2. The number of allylic oxidation sites excluding steroid dienone is 2. The summed E-state index contributed by atoms with van der Waals surface area (Å²) in [5, 5.41) is 9.21. The zero-order valence-electron chi connectivity index (χ0n) is 18.4. The van der Waals surface area contributed by atoms with Crippen molar-refractivity contribution >= 4 is 43.6 Å². The van der Waals surface area contributed by atoms with Crippen molar-refractivity contribution in [2.45, 2.75) is 25.6 Å². The molecule has 1 aliphatic heterocycles. The first-order chi connectivity index (χ1) is 16.4. The Labute approximate surface area is 192 Å². The van der Waals surface area contributed by atoms with Crippen molar-refractivity contribution in [3.63, 3.8) is 0 Å². The van der Waals surface area contributed by atoms with E-state index in [4.69, 9.17) is 0 Å². The number of hydrogen-bond acceptors (Lipinski definition) is 1. The second-order valence-corrected chi connectivity index (χ2v) is 8.99. The molecule has 0 bridgehead atoms. The number of para-hydroxylation sites is 4. The van der Waals surface area contributed by atoms with Gasteiger partial charge in [0.15, 0.2) is 0 Å². The summed E-state index contributed by atoms with van der Waals surface area (Å²) in [7, 11) is 0. The lowest BCUT2D eigenvalue weighted by Gasteiger charge is -2.29. The highest BCUT2D eigenvalue weighted by Crippen LogP contribution is 2.35. The highest BCUT2D eigenvalue weighted by molar-refractivity contribution is 6.09. The minimum Gasteiger partial charge on any atom is -0.367 e. The van der Waals surface area contributed by atoms with Crippen molar-refractivity contribution in [1.29, 1.82) is 0 Å². The molecule has 7 rings (SSSR count). The Morgan fingerprint density at radius 2 is 1.06 bits per heavy atom. The van der Waals surface area contributed by atoms with Crippen molar-refractivity contribution in [3.05, 3.63) is 109 Å². The lowest BCUT2D eigenvalue weighted by Crippen LogP contribution is -2.30. The molecule has 1 atom stereocenters. The van der Waals surface area contributed by atoms with E-state index >= 15 is 0 Å². The molecule has 2 aromatic heterocycles. The van der Waals surface area contributed by atoms with E-state index < -0.39 is 0 Å². The average molecular weight is 428 g/mol. The summed E-state index contributed by atoms with van der Waals surface area (Å²) >= 11 is 0. The fraction of sp³-hybridized carbons (Fsp3) is 0.133. The Bertz CT molecular complexity index is 1570. The lowest BCUT2D eigenvalue weighted by molar-refractivity contribution is 0.405. The molecule has 160 valence electrons. The molecule has 33 heavy (non-hydrogen) atoms. The Morgan fingerprint density at radius 1 is 0.606 bits per heavy atom. The van der Waals surface area contributed by atoms with Gasteiger partial charge in [0.25, 0.3) is 0 Å². The molecule has 0 amide bonds. The van der Waals surface area contributed by atoms with Crippen LogP contribution < -0.4 is 5.32 Å². The lowest BCUT2D eigenvalue weighted by atomic mass is 10.1. The zero-order chi connectivity index (χ0) is 21.8. The fourth-order valence-corrected chi connectivity index (χ4v) is 5.70. The molecule has 0 fully saturated rings. The van der Waals surface area contributed by atoms with Crippen molar-refractivity contribution in [2.24, 2.45) is 0 Å². The Kier molecular flexibility index (Phi) is 4.10. The van der Waals surface area contributed by atoms with E-state index in [0.717, 1.165) is 19.4 Å². The third-order valence-electron chi connectivity index (χ3n) is 7.12.